The number of hydrogen-bond donors (Lipinski definition) is 1. The first-order valence-electron chi connectivity index (χ1n) is 7.78. The first-order chi connectivity index (χ1) is 11.7. The number of methoxy groups -OCH3 is 2. The van der Waals surface area contributed by atoms with E-state index in [0.717, 1.165) is 34.3 Å². The van der Waals surface area contributed by atoms with Crippen molar-refractivity contribution in [2.45, 2.75) is 12.3 Å². The van der Waals surface area contributed by atoms with E-state index in [1.807, 2.05) is 24.3 Å². The van der Waals surface area contributed by atoms with Crippen LogP contribution in [-0.4, -0.2) is 25.9 Å². The van der Waals surface area contributed by atoms with Crippen LogP contribution in [0, 0.1) is 0 Å². The fraction of sp³-hybridized carbons (Fsp3) is 0.263. The van der Waals surface area contributed by atoms with Crippen LogP contribution in [0.4, 0.5) is 0 Å². The van der Waals surface area contributed by atoms with Crippen molar-refractivity contribution >= 4 is 11.0 Å². The normalized spacial score (nSPS) is 16.5. The van der Waals surface area contributed by atoms with E-state index in [-0.39, 0.29) is 11.7 Å². The van der Waals surface area contributed by atoms with Gasteiger partial charge in [0.05, 0.1) is 32.5 Å². The Kier molecular flexibility index (Phi) is 3.49. The molecule has 2 heterocycles. The molecule has 1 aliphatic heterocycles. The van der Waals surface area contributed by atoms with E-state index >= 15 is 0 Å². The molecule has 5 heteroatoms. The fourth-order valence-electron chi connectivity index (χ4n) is 3.37. The number of fused-ring (bicyclic) bond motifs is 3. The summed E-state index contributed by atoms with van der Waals surface area (Å²) in [5, 5.41) is 11.3. The minimum Gasteiger partial charge on any atom is -0.502 e. The number of phenols is 1. The monoisotopic (exact) mass is 326 g/mol. The van der Waals surface area contributed by atoms with Crippen molar-refractivity contribution in [3.63, 3.8) is 0 Å². The Morgan fingerprint density at radius 2 is 1.96 bits per heavy atom. The molecule has 3 aromatic rings. The van der Waals surface area contributed by atoms with Crippen LogP contribution in [0.25, 0.3) is 11.0 Å². The molecule has 124 valence electrons. The largest absolute Gasteiger partial charge is 0.502 e. The van der Waals surface area contributed by atoms with Gasteiger partial charge in [0.15, 0.2) is 11.5 Å². The van der Waals surface area contributed by atoms with Crippen molar-refractivity contribution in [2.24, 2.45) is 0 Å². The fourth-order valence-corrected chi connectivity index (χ4v) is 3.37. The van der Waals surface area contributed by atoms with Gasteiger partial charge in [-0.25, -0.2) is 0 Å². The lowest BCUT2D eigenvalue weighted by molar-refractivity contribution is 0.260. The summed E-state index contributed by atoms with van der Waals surface area (Å²) in [6.45, 7) is 0.513. The average molecular weight is 326 g/mol. The van der Waals surface area contributed by atoms with Gasteiger partial charge in [-0.3, -0.25) is 0 Å². The predicted molar refractivity (Wildman–Crippen MR) is 89.4 cm³/mol. The molecule has 0 saturated heterocycles. The molecule has 0 radical (unpaired) electrons. The van der Waals surface area contributed by atoms with Crippen molar-refractivity contribution in [3.8, 4) is 23.0 Å². The third kappa shape index (κ3) is 2.16. The minimum absolute atomic E-state index is 0.0218. The summed E-state index contributed by atoms with van der Waals surface area (Å²) in [5.74, 6) is 1.83. The molecule has 24 heavy (non-hydrogen) atoms. The van der Waals surface area contributed by atoms with Crippen molar-refractivity contribution in [3.05, 3.63) is 47.7 Å². The summed E-state index contributed by atoms with van der Waals surface area (Å²) in [5.41, 5.74) is 2.86. The molecule has 1 aromatic heterocycles. The molecule has 5 nitrogen and oxygen atoms in total. The van der Waals surface area contributed by atoms with Gasteiger partial charge in [0, 0.05) is 11.5 Å². The maximum absolute atomic E-state index is 10.3. The quantitative estimate of drug-likeness (QED) is 0.791. The summed E-state index contributed by atoms with van der Waals surface area (Å²) in [6.07, 6.45) is 2.48. The molecule has 1 aliphatic rings. The SMILES string of the molecule is COc1ccc(C2COc3c(ccc4occc34)C2)c(OC)c1O. The van der Waals surface area contributed by atoms with Gasteiger partial charge in [-0.1, -0.05) is 12.1 Å². The molecule has 1 atom stereocenters. The Bertz CT molecular complexity index is 896. The number of ether oxygens (including phenoxy) is 3. The van der Waals surface area contributed by atoms with Crippen molar-refractivity contribution < 1.29 is 23.7 Å². The molecule has 1 N–H and O–H groups in total. The lowest BCUT2D eigenvalue weighted by atomic mass is 9.89. The van der Waals surface area contributed by atoms with Crippen LogP contribution in [0.3, 0.4) is 0 Å². The molecule has 0 amide bonds. The van der Waals surface area contributed by atoms with E-state index in [4.69, 9.17) is 18.6 Å². The lowest BCUT2D eigenvalue weighted by Gasteiger charge is -2.27. The molecule has 0 saturated carbocycles. The maximum Gasteiger partial charge on any atom is 0.201 e. The van der Waals surface area contributed by atoms with Crippen LogP contribution in [0.15, 0.2) is 41.0 Å². The highest BCUT2D eigenvalue weighted by atomic mass is 16.5. The zero-order valence-electron chi connectivity index (χ0n) is 13.5. The molecule has 0 spiro atoms. The number of furan rings is 1. The molecule has 4 rings (SSSR count). The van der Waals surface area contributed by atoms with Crippen LogP contribution in [-0.2, 0) is 6.42 Å². The van der Waals surface area contributed by atoms with Gasteiger partial charge < -0.3 is 23.7 Å². The molecular weight excluding hydrogens is 308 g/mol. The molecule has 0 bridgehead atoms. The van der Waals surface area contributed by atoms with E-state index in [2.05, 4.69) is 0 Å². The number of aromatic hydroxyl groups is 1. The Labute approximate surface area is 139 Å². The Morgan fingerprint density at radius 3 is 2.75 bits per heavy atom. The number of rotatable bonds is 3. The molecular formula is C19H18O5. The third-order valence-corrected chi connectivity index (χ3v) is 4.55. The van der Waals surface area contributed by atoms with Gasteiger partial charge in [-0.2, -0.15) is 0 Å². The molecule has 2 aromatic carbocycles. The standard InChI is InChI=1S/C19H18O5/c1-21-16-6-4-13(19(22-2)17(16)20)12-9-11-3-5-15-14(7-8-23-15)18(11)24-10-12/h3-8,12,20H,9-10H2,1-2H3. The van der Waals surface area contributed by atoms with Crippen LogP contribution >= 0.6 is 0 Å². The number of benzene rings is 2. The van der Waals surface area contributed by atoms with E-state index in [9.17, 15) is 5.11 Å². The zero-order valence-corrected chi connectivity index (χ0v) is 13.5. The lowest BCUT2D eigenvalue weighted by Crippen LogP contribution is -2.20. The molecule has 0 fully saturated rings. The third-order valence-electron chi connectivity index (χ3n) is 4.55. The van der Waals surface area contributed by atoms with Gasteiger partial charge >= 0.3 is 0 Å². The maximum atomic E-state index is 10.3. The van der Waals surface area contributed by atoms with Gasteiger partial charge in [0.25, 0.3) is 0 Å². The summed E-state index contributed by atoms with van der Waals surface area (Å²) < 4.78 is 22.0. The van der Waals surface area contributed by atoms with Gasteiger partial charge in [-0.05, 0) is 30.2 Å². The highest BCUT2D eigenvalue weighted by molar-refractivity contribution is 5.85. The molecule has 1 unspecified atom stereocenters. The van der Waals surface area contributed by atoms with Crippen molar-refractivity contribution in [2.75, 3.05) is 20.8 Å². The summed E-state index contributed by atoms with van der Waals surface area (Å²) in [4.78, 5) is 0. The summed E-state index contributed by atoms with van der Waals surface area (Å²) in [7, 11) is 3.06. The second-order valence-corrected chi connectivity index (χ2v) is 5.84. The number of hydrogen-bond acceptors (Lipinski definition) is 5. The topological polar surface area (TPSA) is 61.1 Å². The first-order valence-corrected chi connectivity index (χ1v) is 7.78. The van der Waals surface area contributed by atoms with Gasteiger partial charge in [0.1, 0.15) is 11.3 Å². The van der Waals surface area contributed by atoms with Crippen LogP contribution in [0.1, 0.15) is 17.0 Å². The van der Waals surface area contributed by atoms with E-state index in [0.29, 0.717) is 18.1 Å². The van der Waals surface area contributed by atoms with Crippen LogP contribution in [0.2, 0.25) is 0 Å². The first kappa shape index (κ1) is 14.8. The van der Waals surface area contributed by atoms with Gasteiger partial charge in [0.2, 0.25) is 5.75 Å². The Balaban J connectivity index is 1.73. The second-order valence-electron chi connectivity index (χ2n) is 5.84. The van der Waals surface area contributed by atoms with Crippen molar-refractivity contribution in [1.29, 1.82) is 0 Å². The highest BCUT2D eigenvalue weighted by Crippen LogP contribution is 2.45. The van der Waals surface area contributed by atoms with E-state index in [1.54, 1.807) is 19.4 Å². The van der Waals surface area contributed by atoms with E-state index in [1.165, 1.54) is 7.11 Å². The van der Waals surface area contributed by atoms with Gasteiger partial charge in [-0.15, -0.1) is 0 Å². The van der Waals surface area contributed by atoms with Crippen LogP contribution < -0.4 is 14.2 Å². The predicted octanol–water partition coefficient (Wildman–Crippen LogP) is 3.87. The Hall–Kier alpha value is -2.82. The minimum atomic E-state index is 0.0218. The van der Waals surface area contributed by atoms with Crippen LogP contribution in [0.5, 0.6) is 23.0 Å². The van der Waals surface area contributed by atoms with Crippen molar-refractivity contribution in [1.82, 2.24) is 0 Å². The average Bonchev–Trinajstić information content (AvgIpc) is 3.10. The summed E-state index contributed by atoms with van der Waals surface area (Å²) in [6, 6.07) is 9.59. The van der Waals surface area contributed by atoms with E-state index < -0.39 is 0 Å². The number of phenolic OH excluding ortho intramolecular Hbond substituents is 1. The zero-order chi connectivity index (χ0) is 16.7. The second kappa shape index (κ2) is 5.67. The smallest absolute Gasteiger partial charge is 0.201 e. The Morgan fingerprint density at radius 1 is 1.08 bits per heavy atom. The highest BCUT2D eigenvalue weighted by Gasteiger charge is 2.27. The molecule has 0 aliphatic carbocycles. The summed E-state index contributed by atoms with van der Waals surface area (Å²) >= 11 is 0.